The van der Waals surface area contributed by atoms with Crippen molar-refractivity contribution >= 4 is 23.8 Å². The van der Waals surface area contributed by atoms with Gasteiger partial charge in [0.2, 0.25) is 11.8 Å². The van der Waals surface area contributed by atoms with Crippen molar-refractivity contribution in [2.45, 2.75) is 13.2 Å². The molecule has 1 saturated heterocycles. The summed E-state index contributed by atoms with van der Waals surface area (Å²) in [5, 5.41) is 5.22. The van der Waals surface area contributed by atoms with Crippen molar-refractivity contribution in [3.05, 3.63) is 71.8 Å². The molecule has 2 aromatic carbocycles. The topological polar surface area (TPSA) is 154 Å². The predicted octanol–water partition coefficient (Wildman–Crippen LogP) is 0.390. The molecule has 0 radical (unpaired) electrons. The largest absolute Gasteiger partial charge is 0.460 e. The molecule has 1 aliphatic rings. The zero-order valence-corrected chi connectivity index (χ0v) is 27.5. The molecule has 0 bridgehead atoms. The molecule has 14 heteroatoms. The third-order valence-electron chi connectivity index (χ3n) is 7.03. The summed E-state index contributed by atoms with van der Waals surface area (Å²) in [6, 6.07) is 18.6. The number of carbonyl (C=O) groups is 4. The first-order chi connectivity index (χ1) is 23.5. The van der Waals surface area contributed by atoms with Crippen LogP contribution in [0.4, 0.5) is 0 Å². The van der Waals surface area contributed by atoms with Crippen molar-refractivity contribution in [1.82, 2.24) is 20.4 Å². The Labute approximate surface area is 281 Å². The summed E-state index contributed by atoms with van der Waals surface area (Å²) < 4.78 is 33.2. The lowest BCUT2D eigenvalue weighted by atomic mass is 10.2. The average molecular weight is 673 g/mol. The number of nitrogens with zero attached hydrogens (tertiary/aromatic N) is 2. The smallest absolute Gasteiger partial charge is 0.325 e. The molecule has 2 N–H and O–H groups in total. The van der Waals surface area contributed by atoms with Crippen LogP contribution in [0.25, 0.3) is 0 Å². The molecule has 0 spiro atoms. The van der Waals surface area contributed by atoms with Crippen LogP contribution in [0.3, 0.4) is 0 Å². The highest BCUT2D eigenvalue weighted by molar-refractivity contribution is 5.83. The van der Waals surface area contributed by atoms with Gasteiger partial charge >= 0.3 is 11.9 Å². The molecular formula is C34H48N4O10. The minimum absolute atomic E-state index is 0.0734. The Bertz CT molecular complexity index is 1090. The highest BCUT2D eigenvalue weighted by Gasteiger charge is 2.15. The van der Waals surface area contributed by atoms with E-state index in [0.717, 1.165) is 11.1 Å². The molecular weight excluding hydrogens is 624 g/mol. The van der Waals surface area contributed by atoms with E-state index in [9.17, 15) is 19.2 Å². The van der Waals surface area contributed by atoms with E-state index in [4.69, 9.17) is 28.4 Å². The number of carbonyl (C=O) groups excluding carboxylic acids is 4. The summed E-state index contributed by atoms with van der Waals surface area (Å²) >= 11 is 0. The van der Waals surface area contributed by atoms with E-state index in [-0.39, 0.29) is 51.2 Å². The number of nitrogens with one attached hydrogen (secondary N) is 2. The van der Waals surface area contributed by atoms with Crippen molar-refractivity contribution in [2.75, 3.05) is 105 Å². The molecule has 48 heavy (non-hydrogen) atoms. The number of hydrogen-bond donors (Lipinski definition) is 2. The average Bonchev–Trinajstić information content (AvgIpc) is 3.10. The summed E-state index contributed by atoms with van der Waals surface area (Å²) in [5.41, 5.74) is 1.74. The van der Waals surface area contributed by atoms with Crippen LogP contribution in [0.1, 0.15) is 11.1 Å². The number of benzene rings is 2. The van der Waals surface area contributed by atoms with Crippen molar-refractivity contribution < 1.29 is 47.6 Å². The van der Waals surface area contributed by atoms with E-state index in [0.29, 0.717) is 79.0 Å². The second-order valence-electron chi connectivity index (χ2n) is 10.8. The second-order valence-corrected chi connectivity index (χ2v) is 10.8. The van der Waals surface area contributed by atoms with E-state index in [1.165, 1.54) is 0 Å². The lowest BCUT2D eigenvalue weighted by Gasteiger charge is -2.23. The zero-order chi connectivity index (χ0) is 34.1. The van der Waals surface area contributed by atoms with Crippen molar-refractivity contribution in [3.8, 4) is 0 Å². The van der Waals surface area contributed by atoms with Gasteiger partial charge in [0.15, 0.2) is 0 Å². The maximum Gasteiger partial charge on any atom is 0.325 e. The standard InChI is InChI=1S/C34H48N4O10/c39-31(35-23-33(41)47-27-29-7-3-1-4-8-29)25-37-11-15-43-19-21-45-17-13-38(14-18-46-22-20-44-16-12-37)26-32(40)36-24-34(42)48-28-30-9-5-2-6-10-30/h1-10H,11-28H2,(H,35,39)(H,36,40). The van der Waals surface area contributed by atoms with Gasteiger partial charge in [0.25, 0.3) is 0 Å². The summed E-state index contributed by atoms with van der Waals surface area (Å²) in [6.45, 7) is 4.87. The van der Waals surface area contributed by atoms with Gasteiger partial charge in [-0.1, -0.05) is 60.7 Å². The Balaban J connectivity index is 1.32. The van der Waals surface area contributed by atoms with Crippen LogP contribution in [0.5, 0.6) is 0 Å². The first-order valence-corrected chi connectivity index (χ1v) is 16.2. The molecule has 3 rings (SSSR count). The molecule has 1 aliphatic heterocycles. The van der Waals surface area contributed by atoms with Gasteiger partial charge < -0.3 is 39.1 Å². The van der Waals surface area contributed by atoms with Gasteiger partial charge in [0.05, 0.1) is 65.9 Å². The third-order valence-corrected chi connectivity index (χ3v) is 7.03. The minimum atomic E-state index is -0.512. The van der Waals surface area contributed by atoms with E-state index in [2.05, 4.69) is 10.6 Å². The number of rotatable bonds is 12. The quantitative estimate of drug-likeness (QED) is 0.300. The molecule has 0 aromatic heterocycles. The third kappa shape index (κ3) is 18.4. The zero-order valence-electron chi connectivity index (χ0n) is 27.5. The second kappa shape index (κ2) is 24.3. The lowest BCUT2D eigenvalue weighted by molar-refractivity contribution is -0.145. The molecule has 1 heterocycles. The van der Waals surface area contributed by atoms with Crippen molar-refractivity contribution in [2.24, 2.45) is 0 Å². The van der Waals surface area contributed by atoms with Crippen LogP contribution in [-0.2, 0) is 60.8 Å². The fourth-order valence-corrected chi connectivity index (χ4v) is 4.40. The van der Waals surface area contributed by atoms with Crippen LogP contribution in [-0.4, -0.2) is 139 Å². The lowest BCUT2D eigenvalue weighted by Crippen LogP contribution is -2.42. The fraction of sp³-hybridized carbons (Fsp3) is 0.529. The maximum absolute atomic E-state index is 12.5. The minimum Gasteiger partial charge on any atom is -0.460 e. The van der Waals surface area contributed by atoms with Gasteiger partial charge in [0.1, 0.15) is 26.3 Å². The van der Waals surface area contributed by atoms with Crippen molar-refractivity contribution in [3.63, 3.8) is 0 Å². The Morgan fingerprint density at radius 1 is 0.521 bits per heavy atom. The first kappa shape index (κ1) is 38.5. The van der Waals surface area contributed by atoms with Crippen LogP contribution < -0.4 is 10.6 Å². The Hall–Kier alpha value is -3.92. The molecule has 0 saturated carbocycles. The normalized spacial score (nSPS) is 16.5. The molecule has 0 unspecified atom stereocenters. The number of ether oxygens (including phenoxy) is 6. The predicted molar refractivity (Wildman–Crippen MR) is 175 cm³/mol. The highest BCUT2D eigenvalue weighted by Crippen LogP contribution is 2.02. The summed E-state index contributed by atoms with van der Waals surface area (Å²) in [7, 11) is 0. The molecule has 2 amide bonds. The summed E-state index contributed by atoms with van der Waals surface area (Å²) in [5.74, 6) is -1.63. The van der Waals surface area contributed by atoms with E-state index >= 15 is 0 Å². The van der Waals surface area contributed by atoms with Crippen LogP contribution >= 0.6 is 0 Å². The van der Waals surface area contributed by atoms with E-state index in [1.807, 2.05) is 70.5 Å². The first-order valence-electron chi connectivity index (χ1n) is 16.2. The Morgan fingerprint density at radius 3 is 1.19 bits per heavy atom. The molecule has 14 nitrogen and oxygen atoms in total. The van der Waals surface area contributed by atoms with Gasteiger partial charge in [-0.05, 0) is 11.1 Å². The summed E-state index contributed by atoms with van der Waals surface area (Å²) in [6.07, 6.45) is 0. The Kier molecular flexibility index (Phi) is 19.5. The van der Waals surface area contributed by atoms with Gasteiger partial charge in [-0.15, -0.1) is 0 Å². The number of esters is 2. The van der Waals surface area contributed by atoms with E-state index < -0.39 is 11.9 Å². The van der Waals surface area contributed by atoms with E-state index in [1.54, 1.807) is 0 Å². The molecule has 1 fully saturated rings. The summed E-state index contributed by atoms with van der Waals surface area (Å²) in [4.78, 5) is 52.9. The molecule has 0 aliphatic carbocycles. The van der Waals surface area contributed by atoms with Gasteiger partial charge in [0, 0.05) is 26.2 Å². The van der Waals surface area contributed by atoms with Gasteiger partial charge in [-0.3, -0.25) is 29.0 Å². The number of hydrogen-bond acceptors (Lipinski definition) is 12. The molecule has 264 valence electrons. The molecule has 0 atom stereocenters. The SMILES string of the molecule is O=C(CN1CCOCCOCCN(CC(=O)NCC(=O)OCc2ccccc2)CCOCCOCC1)NCC(=O)OCc1ccccc1. The van der Waals surface area contributed by atoms with Crippen LogP contribution in [0, 0.1) is 0 Å². The maximum atomic E-state index is 12.5. The van der Waals surface area contributed by atoms with Crippen LogP contribution in [0.15, 0.2) is 60.7 Å². The highest BCUT2D eigenvalue weighted by atomic mass is 16.5. The van der Waals surface area contributed by atoms with Gasteiger partial charge in [-0.2, -0.15) is 0 Å². The molecule has 2 aromatic rings. The Morgan fingerprint density at radius 2 is 0.854 bits per heavy atom. The monoisotopic (exact) mass is 672 g/mol. The van der Waals surface area contributed by atoms with Crippen molar-refractivity contribution in [1.29, 1.82) is 0 Å². The number of amides is 2. The van der Waals surface area contributed by atoms with Gasteiger partial charge in [-0.25, -0.2) is 0 Å². The fourth-order valence-electron chi connectivity index (χ4n) is 4.40. The van der Waals surface area contributed by atoms with Crippen LogP contribution in [0.2, 0.25) is 0 Å².